The van der Waals surface area contributed by atoms with Gasteiger partial charge in [0.2, 0.25) is 0 Å². The van der Waals surface area contributed by atoms with Gasteiger partial charge in [0.15, 0.2) is 0 Å². The molecule has 124 valence electrons. The quantitative estimate of drug-likeness (QED) is 0.390. The van der Waals surface area contributed by atoms with Gasteiger partial charge in [-0.2, -0.15) is 0 Å². The summed E-state index contributed by atoms with van der Waals surface area (Å²) in [6, 6.07) is 3.08. The Bertz CT molecular complexity index is 475. The van der Waals surface area contributed by atoms with E-state index in [0.29, 0.717) is 29.0 Å². The highest BCUT2D eigenvalue weighted by atomic mass is 35.5. The van der Waals surface area contributed by atoms with Crippen molar-refractivity contribution in [1.29, 1.82) is 0 Å². The Kier molecular flexibility index (Phi) is 9.33. The number of hydrogen-bond acceptors (Lipinski definition) is 3. The zero-order valence-electron chi connectivity index (χ0n) is 13.3. The zero-order chi connectivity index (χ0) is 16.4. The maximum atomic E-state index is 11.7. The van der Waals surface area contributed by atoms with Gasteiger partial charge < -0.3 is 9.47 Å². The molecule has 0 N–H and O–H groups in total. The van der Waals surface area contributed by atoms with E-state index in [-0.39, 0.29) is 5.56 Å². The van der Waals surface area contributed by atoms with Crippen LogP contribution >= 0.6 is 23.2 Å². The number of ether oxygens (including phenoxy) is 2. The number of carbonyl (C=O) groups is 1. The molecule has 0 unspecified atom stereocenters. The van der Waals surface area contributed by atoms with Gasteiger partial charge >= 0.3 is 5.97 Å². The molecule has 0 aromatic heterocycles. The fourth-order valence-electron chi connectivity index (χ4n) is 2.07. The first-order chi connectivity index (χ1) is 10.6. The average molecular weight is 347 g/mol. The van der Waals surface area contributed by atoms with Gasteiger partial charge in [0, 0.05) is 6.07 Å². The largest absolute Gasteiger partial charge is 0.492 e. The lowest BCUT2D eigenvalue weighted by Gasteiger charge is -2.11. The SMILES string of the molecule is CCCCCCCCOc1cc(Cl)c(C(=O)OCC)cc1Cl. The predicted molar refractivity (Wildman–Crippen MR) is 91.3 cm³/mol. The monoisotopic (exact) mass is 346 g/mol. The maximum absolute atomic E-state index is 11.7. The molecular formula is C17H24Cl2O3. The summed E-state index contributed by atoms with van der Waals surface area (Å²) in [5, 5.41) is 0.666. The van der Waals surface area contributed by atoms with Crippen molar-refractivity contribution in [1.82, 2.24) is 0 Å². The van der Waals surface area contributed by atoms with E-state index in [0.717, 1.165) is 12.8 Å². The highest BCUT2D eigenvalue weighted by Gasteiger charge is 2.15. The highest BCUT2D eigenvalue weighted by molar-refractivity contribution is 6.36. The molecule has 3 nitrogen and oxygen atoms in total. The Hall–Kier alpha value is -0.930. The third kappa shape index (κ3) is 6.45. The third-order valence-corrected chi connectivity index (χ3v) is 3.88. The third-order valence-electron chi connectivity index (χ3n) is 3.27. The van der Waals surface area contributed by atoms with E-state index in [1.54, 1.807) is 13.0 Å². The van der Waals surface area contributed by atoms with Crippen LogP contribution in [0.3, 0.4) is 0 Å². The molecule has 1 rings (SSSR count). The molecule has 0 aliphatic rings. The zero-order valence-corrected chi connectivity index (χ0v) is 14.8. The van der Waals surface area contributed by atoms with Crippen molar-refractivity contribution in [2.45, 2.75) is 52.4 Å². The van der Waals surface area contributed by atoms with Gasteiger partial charge in [0.05, 0.1) is 28.8 Å². The Morgan fingerprint density at radius 2 is 1.68 bits per heavy atom. The van der Waals surface area contributed by atoms with Gasteiger partial charge in [-0.1, -0.05) is 62.2 Å². The molecule has 0 amide bonds. The molecule has 0 radical (unpaired) electrons. The normalized spacial score (nSPS) is 10.5. The van der Waals surface area contributed by atoms with E-state index in [1.807, 2.05) is 0 Å². The van der Waals surface area contributed by atoms with Crippen LogP contribution in [0.1, 0.15) is 62.7 Å². The van der Waals surface area contributed by atoms with E-state index in [1.165, 1.54) is 31.7 Å². The summed E-state index contributed by atoms with van der Waals surface area (Å²) in [5.41, 5.74) is 0.264. The van der Waals surface area contributed by atoms with E-state index in [2.05, 4.69) is 6.92 Å². The average Bonchev–Trinajstić information content (AvgIpc) is 2.49. The summed E-state index contributed by atoms with van der Waals surface area (Å²) < 4.78 is 10.6. The lowest BCUT2D eigenvalue weighted by molar-refractivity contribution is 0.0526. The Labute approximate surface area is 142 Å². The van der Waals surface area contributed by atoms with Crippen LogP contribution in [0.2, 0.25) is 10.0 Å². The molecule has 22 heavy (non-hydrogen) atoms. The van der Waals surface area contributed by atoms with Crippen molar-refractivity contribution >= 4 is 29.2 Å². The van der Waals surface area contributed by atoms with Crippen molar-refractivity contribution in [3.05, 3.63) is 27.7 Å². The topological polar surface area (TPSA) is 35.5 Å². The van der Waals surface area contributed by atoms with Crippen LogP contribution in [-0.2, 0) is 4.74 Å². The van der Waals surface area contributed by atoms with Crippen molar-refractivity contribution in [3.63, 3.8) is 0 Å². The minimum atomic E-state index is -0.475. The van der Waals surface area contributed by atoms with Crippen molar-refractivity contribution < 1.29 is 14.3 Å². The first-order valence-corrected chi connectivity index (χ1v) is 8.64. The van der Waals surface area contributed by atoms with Gasteiger partial charge in [0.25, 0.3) is 0 Å². The molecule has 0 atom stereocenters. The van der Waals surface area contributed by atoms with Gasteiger partial charge in [-0.15, -0.1) is 0 Å². The van der Waals surface area contributed by atoms with Gasteiger partial charge in [0.1, 0.15) is 5.75 Å². The molecule has 0 bridgehead atoms. The fraction of sp³-hybridized carbons (Fsp3) is 0.588. The molecule has 0 aliphatic heterocycles. The molecule has 1 aromatic carbocycles. The standard InChI is InChI=1S/C17H24Cl2O3/c1-3-5-6-7-8-9-10-22-16-12-14(18)13(11-15(16)19)17(20)21-4-2/h11-12H,3-10H2,1-2H3. The summed E-state index contributed by atoms with van der Waals surface area (Å²) >= 11 is 12.2. The molecule has 0 aliphatic carbocycles. The van der Waals surface area contributed by atoms with E-state index in [9.17, 15) is 4.79 Å². The molecule has 0 fully saturated rings. The lowest BCUT2D eigenvalue weighted by atomic mass is 10.1. The van der Waals surface area contributed by atoms with Crippen LogP contribution in [0, 0.1) is 0 Å². The van der Waals surface area contributed by atoms with Crippen LogP contribution in [0.15, 0.2) is 12.1 Å². The highest BCUT2D eigenvalue weighted by Crippen LogP contribution is 2.31. The van der Waals surface area contributed by atoms with Gasteiger partial charge in [-0.05, 0) is 19.4 Å². The summed E-state index contributed by atoms with van der Waals surface area (Å²) in [6.45, 7) is 4.84. The Balaban J connectivity index is 2.48. The van der Waals surface area contributed by atoms with E-state index in [4.69, 9.17) is 32.7 Å². The summed E-state index contributed by atoms with van der Waals surface area (Å²) in [5.74, 6) is 0.0325. The Morgan fingerprint density at radius 3 is 2.36 bits per heavy atom. The number of unbranched alkanes of at least 4 members (excludes halogenated alkanes) is 5. The van der Waals surface area contributed by atoms with Gasteiger partial charge in [-0.25, -0.2) is 4.79 Å². The summed E-state index contributed by atoms with van der Waals surface area (Å²) in [6.07, 6.45) is 7.17. The van der Waals surface area contributed by atoms with E-state index >= 15 is 0 Å². The van der Waals surface area contributed by atoms with E-state index < -0.39 is 5.97 Å². The minimum Gasteiger partial charge on any atom is -0.492 e. The number of esters is 1. The fourth-order valence-corrected chi connectivity index (χ4v) is 2.52. The number of carbonyl (C=O) groups excluding carboxylic acids is 1. The molecule has 0 saturated carbocycles. The molecule has 5 heteroatoms. The van der Waals surface area contributed by atoms with Crippen molar-refractivity contribution in [3.8, 4) is 5.75 Å². The molecular weight excluding hydrogens is 323 g/mol. The van der Waals surface area contributed by atoms with Crippen LogP contribution in [-0.4, -0.2) is 19.2 Å². The molecule has 0 spiro atoms. The van der Waals surface area contributed by atoms with Gasteiger partial charge in [-0.3, -0.25) is 0 Å². The van der Waals surface area contributed by atoms with Crippen LogP contribution in [0.5, 0.6) is 5.75 Å². The number of halogens is 2. The van der Waals surface area contributed by atoms with Crippen LogP contribution in [0.25, 0.3) is 0 Å². The van der Waals surface area contributed by atoms with Crippen LogP contribution < -0.4 is 4.74 Å². The van der Waals surface area contributed by atoms with Crippen molar-refractivity contribution in [2.75, 3.05) is 13.2 Å². The second kappa shape index (κ2) is 10.7. The first kappa shape index (κ1) is 19.1. The second-order valence-electron chi connectivity index (χ2n) is 5.10. The summed E-state index contributed by atoms with van der Waals surface area (Å²) in [7, 11) is 0. The predicted octanol–water partition coefficient (Wildman–Crippen LogP) is 5.91. The Morgan fingerprint density at radius 1 is 1.00 bits per heavy atom. The smallest absolute Gasteiger partial charge is 0.339 e. The summed E-state index contributed by atoms with van der Waals surface area (Å²) in [4.78, 5) is 11.7. The number of rotatable bonds is 10. The molecule has 1 aromatic rings. The lowest BCUT2D eigenvalue weighted by Crippen LogP contribution is -2.06. The first-order valence-electron chi connectivity index (χ1n) is 7.89. The minimum absolute atomic E-state index is 0.264. The van der Waals surface area contributed by atoms with Crippen molar-refractivity contribution in [2.24, 2.45) is 0 Å². The number of hydrogen-bond donors (Lipinski definition) is 0. The second-order valence-corrected chi connectivity index (χ2v) is 5.91. The maximum Gasteiger partial charge on any atom is 0.339 e. The molecule has 0 saturated heterocycles. The molecule has 0 heterocycles. The van der Waals surface area contributed by atoms with Crippen LogP contribution in [0.4, 0.5) is 0 Å². The number of benzene rings is 1.